The molecule has 0 saturated carbocycles. The third kappa shape index (κ3) is 5.90. The molecular formula is C21H31N5OS3. The van der Waals surface area contributed by atoms with Crippen molar-refractivity contribution >= 4 is 34.3 Å². The predicted octanol–water partition coefficient (Wildman–Crippen LogP) is 3.95. The van der Waals surface area contributed by atoms with Gasteiger partial charge in [-0.15, -0.1) is 11.8 Å². The van der Waals surface area contributed by atoms with E-state index >= 15 is 0 Å². The first-order chi connectivity index (χ1) is 14.6. The van der Waals surface area contributed by atoms with E-state index in [0.29, 0.717) is 11.1 Å². The van der Waals surface area contributed by atoms with E-state index in [9.17, 15) is 4.21 Å². The monoisotopic (exact) mass is 465 g/mol. The summed E-state index contributed by atoms with van der Waals surface area (Å²) < 4.78 is 14.6. The van der Waals surface area contributed by atoms with Crippen LogP contribution in [0.25, 0.3) is 11.3 Å². The molecular weight excluding hydrogens is 434 g/mol. The molecule has 0 aromatic carbocycles. The molecule has 2 aromatic rings. The first kappa shape index (κ1) is 23.4. The molecule has 6 nitrogen and oxygen atoms in total. The van der Waals surface area contributed by atoms with Crippen molar-refractivity contribution in [3.63, 3.8) is 0 Å². The van der Waals surface area contributed by atoms with Crippen LogP contribution in [0.5, 0.6) is 0 Å². The van der Waals surface area contributed by atoms with E-state index in [1.165, 1.54) is 11.1 Å². The quantitative estimate of drug-likeness (QED) is 0.362. The van der Waals surface area contributed by atoms with E-state index in [1.807, 2.05) is 11.6 Å². The van der Waals surface area contributed by atoms with E-state index in [2.05, 4.69) is 41.8 Å². The molecule has 2 atom stereocenters. The molecule has 1 fully saturated rings. The number of hydrogen-bond donors (Lipinski definition) is 2. The highest BCUT2D eigenvalue weighted by Gasteiger charge is 2.31. The second kappa shape index (κ2) is 11.4. The van der Waals surface area contributed by atoms with Gasteiger partial charge in [0.1, 0.15) is 10.9 Å². The predicted molar refractivity (Wildman–Crippen MR) is 130 cm³/mol. The zero-order valence-electron chi connectivity index (χ0n) is 17.9. The number of nitrogens with one attached hydrogen (secondary N) is 1. The summed E-state index contributed by atoms with van der Waals surface area (Å²) in [4.78, 5) is 9.57. The Hall–Kier alpha value is -1.29. The Morgan fingerprint density at radius 2 is 2.23 bits per heavy atom. The highest BCUT2D eigenvalue weighted by Crippen LogP contribution is 2.39. The molecule has 0 bridgehead atoms. The number of thioether (sulfide) groups is 2. The van der Waals surface area contributed by atoms with Crippen molar-refractivity contribution in [1.82, 2.24) is 19.9 Å². The Morgan fingerprint density at radius 3 is 2.87 bits per heavy atom. The molecule has 164 valence electrons. The number of unbranched alkanes of at least 4 members (excludes halogenated alkanes) is 1. The highest BCUT2D eigenvalue weighted by molar-refractivity contribution is 8.10. The molecule has 1 saturated heterocycles. The molecule has 30 heavy (non-hydrogen) atoms. The number of rotatable bonds is 12. The van der Waals surface area contributed by atoms with Crippen molar-refractivity contribution in [3.8, 4) is 11.3 Å². The summed E-state index contributed by atoms with van der Waals surface area (Å²) in [5.74, 6) is 2.56. The molecule has 3 rings (SSSR count). The largest absolute Gasteiger partial charge is 0.404 e. The summed E-state index contributed by atoms with van der Waals surface area (Å²) >= 11 is 3.24. The van der Waals surface area contributed by atoms with Gasteiger partial charge in [-0.2, -0.15) is 0 Å². The van der Waals surface area contributed by atoms with Crippen molar-refractivity contribution in [1.29, 1.82) is 0 Å². The van der Waals surface area contributed by atoms with Crippen LogP contribution in [0.4, 0.5) is 0 Å². The second-order valence-corrected chi connectivity index (χ2v) is 11.0. The lowest BCUT2D eigenvalue weighted by Gasteiger charge is -2.16. The lowest BCUT2D eigenvalue weighted by molar-refractivity contribution is 0.682. The van der Waals surface area contributed by atoms with Gasteiger partial charge in [0, 0.05) is 65.7 Å². The Labute approximate surface area is 190 Å². The van der Waals surface area contributed by atoms with Crippen molar-refractivity contribution in [2.75, 3.05) is 17.4 Å². The van der Waals surface area contributed by atoms with Crippen LogP contribution in [0.3, 0.4) is 0 Å². The van der Waals surface area contributed by atoms with Crippen LogP contribution >= 0.6 is 23.5 Å². The SMILES string of the molecule is CCCCS(=O)CSc1nc(CS/C=C\N)cc(-c2cnc(CC)n2C)c1C1CN1. The molecule has 3 heterocycles. The fourth-order valence-corrected chi connectivity index (χ4v) is 6.45. The third-order valence-electron chi connectivity index (χ3n) is 4.97. The van der Waals surface area contributed by atoms with Crippen LogP contribution in [-0.2, 0) is 30.0 Å². The maximum Gasteiger partial charge on any atom is 0.108 e. The van der Waals surface area contributed by atoms with Gasteiger partial charge in [-0.25, -0.2) is 9.97 Å². The van der Waals surface area contributed by atoms with Crippen molar-refractivity contribution < 1.29 is 4.21 Å². The minimum atomic E-state index is -0.836. The first-order valence-electron chi connectivity index (χ1n) is 10.3. The number of pyridine rings is 1. The fourth-order valence-electron chi connectivity index (χ4n) is 3.28. The van der Waals surface area contributed by atoms with Gasteiger partial charge >= 0.3 is 0 Å². The molecule has 1 aliphatic heterocycles. The minimum absolute atomic E-state index is 0.296. The summed E-state index contributed by atoms with van der Waals surface area (Å²) in [5.41, 5.74) is 9.98. The zero-order valence-corrected chi connectivity index (χ0v) is 20.3. The van der Waals surface area contributed by atoms with Crippen molar-refractivity contribution in [3.05, 3.63) is 41.0 Å². The maximum absolute atomic E-state index is 12.4. The number of nitrogens with zero attached hydrogens (tertiary/aromatic N) is 3. The Balaban J connectivity index is 1.99. The molecule has 0 spiro atoms. The van der Waals surface area contributed by atoms with E-state index < -0.39 is 10.8 Å². The summed E-state index contributed by atoms with van der Waals surface area (Å²) in [6, 6.07) is 2.48. The maximum atomic E-state index is 12.4. The Kier molecular flexibility index (Phi) is 8.85. The molecule has 9 heteroatoms. The number of imidazole rings is 1. The summed E-state index contributed by atoms with van der Waals surface area (Å²) in [6.07, 6.45) is 6.47. The second-order valence-electron chi connectivity index (χ2n) is 7.21. The van der Waals surface area contributed by atoms with Gasteiger partial charge in [0.15, 0.2) is 0 Å². The van der Waals surface area contributed by atoms with Crippen molar-refractivity contribution in [2.24, 2.45) is 12.8 Å². The molecule has 3 N–H and O–H groups in total. The van der Waals surface area contributed by atoms with Gasteiger partial charge in [0.25, 0.3) is 0 Å². The first-order valence-corrected chi connectivity index (χ1v) is 13.9. The Bertz CT molecular complexity index is 908. The van der Waals surface area contributed by atoms with Gasteiger partial charge in [-0.05, 0) is 17.9 Å². The summed E-state index contributed by atoms with van der Waals surface area (Å²) in [7, 11) is 1.24. The summed E-state index contributed by atoms with van der Waals surface area (Å²) in [5, 5.41) is 6.89. The third-order valence-corrected chi connectivity index (χ3v) is 8.63. The smallest absolute Gasteiger partial charge is 0.108 e. The van der Waals surface area contributed by atoms with Gasteiger partial charge in [-0.1, -0.05) is 32.0 Å². The number of hydrogen-bond acceptors (Lipinski definition) is 7. The summed E-state index contributed by atoms with van der Waals surface area (Å²) in [6.45, 7) is 5.20. The number of aryl methyl sites for hydroxylation is 1. The van der Waals surface area contributed by atoms with E-state index in [-0.39, 0.29) is 0 Å². The van der Waals surface area contributed by atoms with Crippen LogP contribution in [0.1, 0.15) is 49.8 Å². The van der Waals surface area contributed by atoms with Gasteiger partial charge < -0.3 is 15.6 Å². The van der Waals surface area contributed by atoms with E-state index in [0.717, 1.165) is 59.6 Å². The normalized spacial score (nSPS) is 17.0. The molecule has 1 aliphatic rings. The van der Waals surface area contributed by atoms with E-state index in [4.69, 9.17) is 10.7 Å². The van der Waals surface area contributed by atoms with Crippen molar-refractivity contribution in [2.45, 2.75) is 49.9 Å². The highest BCUT2D eigenvalue weighted by atomic mass is 32.2. The molecule has 0 amide bonds. The number of nitrogens with two attached hydrogens (primary N) is 1. The minimum Gasteiger partial charge on any atom is -0.404 e. The Morgan fingerprint density at radius 1 is 1.43 bits per heavy atom. The van der Waals surface area contributed by atoms with Gasteiger partial charge in [0.05, 0.1) is 22.7 Å². The lowest BCUT2D eigenvalue weighted by Crippen LogP contribution is -2.06. The zero-order chi connectivity index (χ0) is 21.5. The molecule has 0 radical (unpaired) electrons. The average Bonchev–Trinajstić information content (AvgIpc) is 3.52. The van der Waals surface area contributed by atoms with Gasteiger partial charge in [0.2, 0.25) is 0 Å². The fraction of sp³-hybridized carbons (Fsp3) is 0.524. The van der Waals surface area contributed by atoms with Crippen LogP contribution in [0.15, 0.2) is 28.9 Å². The number of aromatic nitrogens is 3. The van der Waals surface area contributed by atoms with Crippen LogP contribution in [-0.4, -0.2) is 36.1 Å². The average molecular weight is 466 g/mol. The van der Waals surface area contributed by atoms with Crippen LogP contribution in [0, 0.1) is 0 Å². The molecule has 2 unspecified atom stereocenters. The van der Waals surface area contributed by atoms with Crippen LogP contribution in [0.2, 0.25) is 0 Å². The van der Waals surface area contributed by atoms with Crippen LogP contribution < -0.4 is 11.1 Å². The topological polar surface area (TPSA) is 95.7 Å². The van der Waals surface area contributed by atoms with E-state index in [1.54, 1.807) is 29.7 Å². The molecule has 2 aromatic heterocycles. The molecule has 0 aliphatic carbocycles. The van der Waals surface area contributed by atoms with Gasteiger partial charge in [-0.3, -0.25) is 4.21 Å². The standard InChI is InChI=1S/C21H31N5OS3/c1-4-6-9-30(27)14-29-21-20(17-11-23-17)16(10-15(25-21)13-28-8-7-22)18-12-24-19(5-2)26(18)3/h7-8,10,12,17,23H,4-6,9,11,13-14,22H2,1-3H3/b8-7-. The lowest BCUT2D eigenvalue weighted by atomic mass is 10.0.